The Labute approximate surface area is 123 Å². The van der Waals surface area contributed by atoms with Crippen LogP contribution in [0, 0.1) is 0 Å². The van der Waals surface area contributed by atoms with Gasteiger partial charge in [-0.05, 0) is 47.2 Å². The highest BCUT2D eigenvalue weighted by atomic mass is 16.2. The average Bonchev–Trinajstić information content (AvgIpc) is 2.85. The van der Waals surface area contributed by atoms with Gasteiger partial charge in [0.15, 0.2) is 0 Å². The van der Waals surface area contributed by atoms with Gasteiger partial charge in [0, 0.05) is 38.3 Å². The van der Waals surface area contributed by atoms with E-state index in [4.69, 9.17) is 0 Å². The third kappa shape index (κ3) is 3.51. The van der Waals surface area contributed by atoms with Crippen molar-refractivity contribution >= 4 is 5.91 Å². The fourth-order valence-corrected chi connectivity index (χ4v) is 3.10. The van der Waals surface area contributed by atoms with Crippen molar-refractivity contribution in [3.05, 3.63) is 0 Å². The van der Waals surface area contributed by atoms with E-state index in [1.165, 1.54) is 0 Å². The Balaban J connectivity index is 1.84. The number of hydrogen-bond acceptors (Lipinski definition) is 4. The minimum absolute atomic E-state index is 0.0197. The summed E-state index contributed by atoms with van der Waals surface area (Å²) in [5.41, 5.74) is -0.343. The number of carbonyl (C=O) groups excluding carboxylic acids is 1. The molecule has 2 heterocycles. The number of amides is 1. The molecule has 0 spiro atoms. The Morgan fingerprint density at radius 3 is 2.50 bits per heavy atom. The summed E-state index contributed by atoms with van der Waals surface area (Å²) in [6, 6.07) is 0. The molecule has 0 aromatic heterocycles. The van der Waals surface area contributed by atoms with E-state index in [1.54, 1.807) is 0 Å². The molecule has 0 radical (unpaired) electrons. The molecule has 0 aliphatic carbocycles. The molecule has 0 saturated carbocycles. The number of nitrogens with one attached hydrogen (secondary N) is 2. The lowest BCUT2D eigenvalue weighted by Crippen LogP contribution is -2.60. The molecule has 2 aliphatic heterocycles. The van der Waals surface area contributed by atoms with Crippen molar-refractivity contribution in [2.75, 3.05) is 46.3 Å². The van der Waals surface area contributed by atoms with Gasteiger partial charge in [-0.2, -0.15) is 0 Å². The van der Waals surface area contributed by atoms with Crippen molar-refractivity contribution in [3.8, 4) is 0 Å². The summed E-state index contributed by atoms with van der Waals surface area (Å²) in [5.74, 6) is 0.150. The van der Waals surface area contributed by atoms with E-state index in [0.29, 0.717) is 6.54 Å². The molecule has 2 fully saturated rings. The van der Waals surface area contributed by atoms with Gasteiger partial charge in [-0.3, -0.25) is 9.69 Å². The van der Waals surface area contributed by atoms with Gasteiger partial charge in [-0.15, -0.1) is 0 Å². The van der Waals surface area contributed by atoms with Gasteiger partial charge in [-0.1, -0.05) is 0 Å². The molecule has 1 unspecified atom stereocenters. The van der Waals surface area contributed by atoms with Gasteiger partial charge in [0.05, 0.1) is 5.54 Å². The predicted molar refractivity (Wildman–Crippen MR) is 81.8 cm³/mol. The maximum absolute atomic E-state index is 12.3. The summed E-state index contributed by atoms with van der Waals surface area (Å²) < 4.78 is 0. The molecule has 0 aromatic rings. The zero-order chi connectivity index (χ0) is 14.8. The molecule has 20 heavy (non-hydrogen) atoms. The minimum Gasteiger partial charge on any atom is -0.353 e. The maximum Gasteiger partial charge on any atom is 0.240 e. The first kappa shape index (κ1) is 15.7. The Hall–Kier alpha value is -0.650. The van der Waals surface area contributed by atoms with E-state index < -0.39 is 0 Å². The highest BCUT2D eigenvalue weighted by Crippen LogP contribution is 2.20. The maximum atomic E-state index is 12.3. The first-order chi connectivity index (χ1) is 9.33. The van der Waals surface area contributed by atoms with E-state index in [0.717, 1.165) is 45.6 Å². The first-order valence-corrected chi connectivity index (χ1v) is 7.80. The molecule has 1 amide bonds. The second-order valence-electron chi connectivity index (χ2n) is 7.15. The molecular formula is C15H30N4O. The second-order valence-corrected chi connectivity index (χ2v) is 7.15. The molecule has 2 aliphatic rings. The number of piperazine rings is 1. The van der Waals surface area contributed by atoms with E-state index in [9.17, 15) is 4.79 Å². The molecule has 5 nitrogen and oxygen atoms in total. The van der Waals surface area contributed by atoms with Crippen LogP contribution in [0.1, 0.15) is 33.6 Å². The van der Waals surface area contributed by atoms with E-state index in [-0.39, 0.29) is 17.0 Å². The topological polar surface area (TPSA) is 47.6 Å². The Kier molecular flexibility index (Phi) is 4.72. The molecule has 2 saturated heterocycles. The van der Waals surface area contributed by atoms with Gasteiger partial charge in [0.2, 0.25) is 5.91 Å². The van der Waals surface area contributed by atoms with E-state index >= 15 is 0 Å². The standard InChI is InChI=1S/C15H30N4O/c1-14(2,19-10-8-18(4)9-11-19)12-16-13(20)15(3)6-5-7-17-15/h17H,5-12H2,1-4H3,(H,16,20). The van der Waals surface area contributed by atoms with Gasteiger partial charge < -0.3 is 15.5 Å². The lowest BCUT2D eigenvalue weighted by molar-refractivity contribution is -0.127. The van der Waals surface area contributed by atoms with Crippen molar-refractivity contribution in [2.24, 2.45) is 0 Å². The SMILES string of the molecule is CN1CCN(C(C)(C)CNC(=O)C2(C)CCCN2)CC1. The van der Waals surface area contributed by atoms with Crippen LogP contribution >= 0.6 is 0 Å². The average molecular weight is 282 g/mol. The molecule has 5 heteroatoms. The second kappa shape index (κ2) is 6.00. The molecule has 0 aromatic carbocycles. The highest BCUT2D eigenvalue weighted by molar-refractivity contribution is 5.86. The molecule has 116 valence electrons. The number of likely N-dealkylation sites (N-methyl/N-ethyl adjacent to an activating group) is 1. The van der Waals surface area contributed by atoms with Crippen molar-refractivity contribution < 1.29 is 4.79 Å². The number of nitrogens with zero attached hydrogens (tertiary/aromatic N) is 2. The smallest absolute Gasteiger partial charge is 0.240 e. The molecule has 2 rings (SSSR count). The van der Waals surface area contributed by atoms with Crippen molar-refractivity contribution in [1.82, 2.24) is 20.4 Å². The van der Waals surface area contributed by atoms with Gasteiger partial charge >= 0.3 is 0 Å². The zero-order valence-corrected chi connectivity index (χ0v) is 13.5. The van der Waals surface area contributed by atoms with Gasteiger partial charge in [0.1, 0.15) is 0 Å². The fourth-order valence-electron chi connectivity index (χ4n) is 3.10. The number of hydrogen-bond donors (Lipinski definition) is 2. The summed E-state index contributed by atoms with van der Waals surface area (Å²) in [6.07, 6.45) is 2.03. The summed E-state index contributed by atoms with van der Waals surface area (Å²) in [7, 11) is 2.17. The lowest BCUT2D eigenvalue weighted by Gasteiger charge is -2.43. The van der Waals surface area contributed by atoms with Crippen LogP contribution in [0.25, 0.3) is 0 Å². The van der Waals surface area contributed by atoms with Crippen LogP contribution in [0.4, 0.5) is 0 Å². The summed E-state index contributed by atoms with van der Waals surface area (Å²) >= 11 is 0. The number of carbonyl (C=O) groups is 1. The fraction of sp³-hybridized carbons (Fsp3) is 0.933. The van der Waals surface area contributed by atoms with Crippen LogP contribution in [0.3, 0.4) is 0 Å². The van der Waals surface area contributed by atoms with Crippen LogP contribution in [-0.4, -0.2) is 73.1 Å². The van der Waals surface area contributed by atoms with Crippen LogP contribution in [-0.2, 0) is 4.79 Å². The Morgan fingerprint density at radius 2 is 1.95 bits per heavy atom. The highest BCUT2D eigenvalue weighted by Gasteiger charge is 2.37. The largest absolute Gasteiger partial charge is 0.353 e. The van der Waals surface area contributed by atoms with Crippen LogP contribution in [0.5, 0.6) is 0 Å². The van der Waals surface area contributed by atoms with Crippen molar-refractivity contribution in [3.63, 3.8) is 0 Å². The normalized spacial score (nSPS) is 29.6. The summed E-state index contributed by atoms with van der Waals surface area (Å²) in [6.45, 7) is 12.5. The summed E-state index contributed by atoms with van der Waals surface area (Å²) in [4.78, 5) is 17.2. The molecular weight excluding hydrogens is 252 g/mol. The zero-order valence-electron chi connectivity index (χ0n) is 13.5. The quantitative estimate of drug-likeness (QED) is 0.777. The minimum atomic E-state index is -0.363. The van der Waals surface area contributed by atoms with Gasteiger partial charge in [0.25, 0.3) is 0 Å². The molecule has 0 bridgehead atoms. The van der Waals surface area contributed by atoms with E-state index in [1.807, 2.05) is 6.92 Å². The summed E-state index contributed by atoms with van der Waals surface area (Å²) in [5, 5.41) is 6.48. The molecule has 1 atom stereocenters. The third-order valence-corrected chi connectivity index (χ3v) is 4.91. The Bertz CT molecular complexity index is 342. The predicted octanol–water partition coefficient (Wildman–Crippen LogP) is 0.271. The van der Waals surface area contributed by atoms with E-state index in [2.05, 4.69) is 41.3 Å². The van der Waals surface area contributed by atoms with Crippen LogP contribution in [0.2, 0.25) is 0 Å². The number of rotatable bonds is 4. The lowest BCUT2D eigenvalue weighted by atomic mass is 9.97. The molecule has 2 N–H and O–H groups in total. The van der Waals surface area contributed by atoms with Crippen molar-refractivity contribution in [1.29, 1.82) is 0 Å². The first-order valence-electron chi connectivity index (χ1n) is 7.80. The third-order valence-electron chi connectivity index (χ3n) is 4.91. The van der Waals surface area contributed by atoms with Gasteiger partial charge in [-0.25, -0.2) is 0 Å². The van der Waals surface area contributed by atoms with Crippen LogP contribution in [0.15, 0.2) is 0 Å². The van der Waals surface area contributed by atoms with Crippen molar-refractivity contribution in [2.45, 2.75) is 44.7 Å². The monoisotopic (exact) mass is 282 g/mol. The Morgan fingerprint density at radius 1 is 1.30 bits per heavy atom. The van der Waals surface area contributed by atoms with Crippen LogP contribution < -0.4 is 10.6 Å².